The van der Waals surface area contributed by atoms with Crippen molar-refractivity contribution >= 4 is 11.6 Å². The highest BCUT2D eigenvalue weighted by Crippen LogP contribution is 2.37. The molecule has 0 aliphatic carbocycles. The van der Waals surface area contributed by atoms with E-state index in [1.54, 1.807) is 0 Å². The van der Waals surface area contributed by atoms with Crippen LogP contribution in [0.4, 0.5) is 11.6 Å². The first-order valence-corrected chi connectivity index (χ1v) is 4.27. The fourth-order valence-electron chi connectivity index (χ4n) is 1.53. The molecule has 4 heterocycles. The Morgan fingerprint density at radius 3 is 1.81 bits per heavy atom. The average Bonchev–Trinajstić information content (AvgIpc) is 2.97. The van der Waals surface area contributed by atoms with Crippen LogP contribution in [0.25, 0.3) is 22.8 Å². The van der Waals surface area contributed by atoms with Gasteiger partial charge in [-0.1, -0.05) is 0 Å². The van der Waals surface area contributed by atoms with Gasteiger partial charge in [-0.05, 0) is 20.6 Å². The maximum atomic E-state index is 4.62. The van der Waals surface area contributed by atoms with E-state index in [1.165, 1.54) is 0 Å². The average molecular weight is 218 g/mol. The van der Waals surface area contributed by atoms with Gasteiger partial charge in [0.25, 0.3) is 0 Å². The summed E-state index contributed by atoms with van der Waals surface area (Å²) in [7, 11) is 0. The molecule has 0 aromatic carbocycles. The maximum absolute atomic E-state index is 4.62. The monoisotopic (exact) mass is 218 g/mol. The second-order valence-electron chi connectivity index (χ2n) is 3.07. The Morgan fingerprint density at radius 1 is 0.688 bits per heavy atom. The molecule has 0 atom stereocenters. The first-order chi connectivity index (χ1) is 7.93. The molecule has 2 N–H and O–H groups in total. The van der Waals surface area contributed by atoms with Crippen LogP contribution < -0.4 is 5.32 Å². The van der Waals surface area contributed by atoms with Crippen molar-refractivity contribution < 1.29 is 9.26 Å². The molecule has 0 unspecified atom stereocenters. The summed E-state index contributed by atoms with van der Waals surface area (Å²) in [5, 5.41) is 28.1. The van der Waals surface area contributed by atoms with Crippen LogP contribution >= 0.6 is 0 Å². The van der Waals surface area contributed by atoms with Crippen LogP contribution in [-0.4, -0.2) is 36.0 Å². The van der Waals surface area contributed by atoms with Crippen molar-refractivity contribution in [3.63, 3.8) is 0 Å². The van der Waals surface area contributed by atoms with Gasteiger partial charge < -0.3 is 5.32 Å². The molecule has 0 spiro atoms. The highest BCUT2D eigenvalue weighted by molar-refractivity contribution is 5.88. The highest BCUT2D eigenvalue weighted by Gasteiger charge is 2.30. The van der Waals surface area contributed by atoms with Crippen molar-refractivity contribution in [1.29, 1.82) is 0 Å². The molecule has 10 heteroatoms. The van der Waals surface area contributed by atoms with Crippen LogP contribution in [0.1, 0.15) is 0 Å². The van der Waals surface area contributed by atoms with Crippen LogP contribution in [0.5, 0.6) is 0 Å². The summed E-state index contributed by atoms with van der Waals surface area (Å²) in [6.45, 7) is 0. The molecule has 78 valence electrons. The van der Waals surface area contributed by atoms with E-state index in [9.17, 15) is 0 Å². The number of nitrogens with zero attached hydrogens (tertiary/aromatic N) is 6. The molecule has 3 aromatic heterocycles. The molecule has 0 radical (unpaired) electrons. The van der Waals surface area contributed by atoms with Gasteiger partial charge in [0.05, 0.1) is 0 Å². The first-order valence-electron chi connectivity index (χ1n) is 4.27. The zero-order valence-corrected chi connectivity index (χ0v) is 7.50. The topological polar surface area (TPSA) is 131 Å². The third kappa shape index (κ3) is 0.762. The van der Waals surface area contributed by atoms with Gasteiger partial charge in [0.1, 0.15) is 11.4 Å². The molecule has 16 heavy (non-hydrogen) atoms. The zero-order valence-electron chi connectivity index (χ0n) is 7.50. The maximum Gasteiger partial charge on any atom is 0.206 e. The largest absolute Gasteiger partial charge is 0.315 e. The Morgan fingerprint density at radius 2 is 1.25 bits per heavy atom. The van der Waals surface area contributed by atoms with E-state index in [-0.39, 0.29) is 0 Å². The second kappa shape index (κ2) is 2.42. The van der Waals surface area contributed by atoms with Gasteiger partial charge in [0.15, 0.2) is 11.4 Å². The van der Waals surface area contributed by atoms with Gasteiger partial charge in [-0.2, -0.15) is 15.4 Å². The number of aromatic amines is 1. The van der Waals surface area contributed by atoms with E-state index < -0.39 is 0 Å². The summed E-state index contributed by atoms with van der Waals surface area (Å²) in [6.07, 6.45) is 0. The van der Waals surface area contributed by atoms with Gasteiger partial charge in [0.2, 0.25) is 11.6 Å². The van der Waals surface area contributed by atoms with E-state index in [0.717, 1.165) is 0 Å². The summed E-state index contributed by atoms with van der Waals surface area (Å²) in [6, 6.07) is 0. The molecular formula is C6H2N8O2. The number of hydrogen-bond acceptors (Lipinski definition) is 9. The third-order valence-electron chi connectivity index (χ3n) is 2.21. The van der Waals surface area contributed by atoms with E-state index in [2.05, 4.69) is 50.6 Å². The number of hydrogen-bond donors (Lipinski definition) is 2. The second-order valence-corrected chi connectivity index (χ2v) is 3.07. The van der Waals surface area contributed by atoms with Gasteiger partial charge in [-0.25, -0.2) is 9.26 Å². The number of H-pyrrole nitrogens is 1. The Bertz CT molecular complexity index is 611. The van der Waals surface area contributed by atoms with Crippen LogP contribution in [0.3, 0.4) is 0 Å². The predicted octanol–water partition coefficient (Wildman–Crippen LogP) is -0.0383. The number of rotatable bonds is 0. The first kappa shape index (κ1) is 7.50. The molecule has 3 aromatic rings. The standard InChI is InChI=1S/C6H2N8O2/c7-5-3(10-15-12-5)1-2(9-14-8-1)4-6(7)13-16-11-4/h(H,7,12,13)(H,8,9,14). The van der Waals surface area contributed by atoms with Crippen molar-refractivity contribution in [3.05, 3.63) is 0 Å². The van der Waals surface area contributed by atoms with E-state index >= 15 is 0 Å². The molecule has 0 fully saturated rings. The lowest BCUT2D eigenvalue weighted by Gasteiger charge is -1.92. The highest BCUT2D eigenvalue weighted by atomic mass is 16.6. The minimum Gasteiger partial charge on any atom is -0.315 e. The van der Waals surface area contributed by atoms with Gasteiger partial charge in [-0.3, -0.25) is 0 Å². The lowest BCUT2D eigenvalue weighted by molar-refractivity contribution is 0.308. The zero-order chi connectivity index (χ0) is 10.5. The van der Waals surface area contributed by atoms with Gasteiger partial charge in [-0.15, -0.1) is 0 Å². The van der Waals surface area contributed by atoms with Gasteiger partial charge in [0, 0.05) is 0 Å². The van der Waals surface area contributed by atoms with Crippen LogP contribution in [-0.2, 0) is 0 Å². The lowest BCUT2D eigenvalue weighted by Crippen LogP contribution is -1.92. The van der Waals surface area contributed by atoms with Crippen molar-refractivity contribution in [1.82, 2.24) is 36.0 Å². The predicted molar refractivity (Wildman–Crippen MR) is 46.2 cm³/mol. The summed E-state index contributed by atoms with van der Waals surface area (Å²) in [5.74, 6) is 0.786. The third-order valence-corrected chi connectivity index (χ3v) is 2.21. The molecule has 1 aliphatic heterocycles. The fourth-order valence-corrected chi connectivity index (χ4v) is 1.53. The molecule has 0 saturated heterocycles. The minimum atomic E-state index is 0.393. The fraction of sp³-hybridized carbons (Fsp3) is 0. The SMILES string of the molecule is n1onc2c1Nc1nonc1-c1n[nH]nc1-2. The van der Waals surface area contributed by atoms with E-state index in [1.807, 2.05) is 0 Å². The van der Waals surface area contributed by atoms with Gasteiger partial charge >= 0.3 is 0 Å². The smallest absolute Gasteiger partial charge is 0.206 e. The summed E-state index contributed by atoms with van der Waals surface area (Å²) < 4.78 is 9.24. The number of fused-ring (bicyclic) bond motifs is 5. The summed E-state index contributed by atoms with van der Waals surface area (Å²) in [4.78, 5) is 0. The summed E-state index contributed by atoms with van der Waals surface area (Å²) in [5.41, 5.74) is 1.86. The number of anilines is 2. The molecule has 1 aliphatic rings. The Kier molecular flexibility index (Phi) is 1.13. The van der Waals surface area contributed by atoms with Crippen molar-refractivity contribution in [2.75, 3.05) is 5.32 Å². The van der Waals surface area contributed by atoms with Crippen LogP contribution in [0, 0.1) is 0 Å². The summed E-state index contributed by atoms with van der Waals surface area (Å²) >= 11 is 0. The molecule has 4 rings (SSSR count). The Hall–Kier alpha value is -2.78. The van der Waals surface area contributed by atoms with Crippen molar-refractivity contribution in [2.24, 2.45) is 0 Å². The molecule has 10 nitrogen and oxygen atoms in total. The van der Waals surface area contributed by atoms with Crippen LogP contribution in [0.15, 0.2) is 9.26 Å². The normalized spacial score (nSPS) is 12.2. The van der Waals surface area contributed by atoms with E-state index in [4.69, 9.17) is 0 Å². The molecule has 0 bridgehead atoms. The molecule has 0 amide bonds. The minimum absolute atomic E-state index is 0.393. The van der Waals surface area contributed by atoms with Crippen molar-refractivity contribution in [2.45, 2.75) is 0 Å². The van der Waals surface area contributed by atoms with E-state index in [0.29, 0.717) is 34.4 Å². The Labute approximate surface area is 85.9 Å². The number of aromatic nitrogens is 7. The molecule has 0 saturated carbocycles. The number of nitrogens with one attached hydrogen (secondary N) is 2. The Balaban J connectivity index is 2.14. The van der Waals surface area contributed by atoms with Crippen LogP contribution in [0.2, 0.25) is 0 Å². The van der Waals surface area contributed by atoms with Crippen molar-refractivity contribution in [3.8, 4) is 22.8 Å². The quantitative estimate of drug-likeness (QED) is 0.417. The molecular weight excluding hydrogens is 216 g/mol. The lowest BCUT2D eigenvalue weighted by atomic mass is 10.2.